The number of amides is 1. The molecule has 9 nitrogen and oxygen atoms in total. The third-order valence-electron chi connectivity index (χ3n) is 5.58. The predicted molar refractivity (Wildman–Crippen MR) is 137 cm³/mol. The van der Waals surface area contributed by atoms with E-state index in [1.165, 1.54) is 30.4 Å². The van der Waals surface area contributed by atoms with Gasteiger partial charge in [0.25, 0.3) is 5.91 Å². The maximum atomic E-state index is 13.1. The Balaban J connectivity index is 1.44. The van der Waals surface area contributed by atoms with Crippen LogP contribution in [0.25, 0.3) is 0 Å². The van der Waals surface area contributed by atoms with Gasteiger partial charge in [-0.15, -0.1) is 0 Å². The second kappa shape index (κ2) is 11.2. The Kier molecular flexibility index (Phi) is 8.01. The summed E-state index contributed by atoms with van der Waals surface area (Å²) in [7, 11) is -2.49. The number of rotatable bonds is 8. The van der Waals surface area contributed by atoms with Crippen LogP contribution in [0.1, 0.15) is 22.8 Å². The van der Waals surface area contributed by atoms with E-state index < -0.39 is 28.0 Å². The molecule has 37 heavy (non-hydrogen) atoms. The molecule has 3 aromatic rings. The molecule has 3 aromatic carbocycles. The summed E-state index contributed by atoms with van der Waals surface area (Å²) < 4.78 is 43.6. The van der Waals surface area contributed by atoms with E-state index in [0.717, 1.165) is 11.6 Å². The molecule has 1 N–H and O–H groups in total. The maximum absolute atomic E-state index is 13.1. The van der Waals surface area contributed by atoms with E-state index >= 15 is 0 Å². The summed E-state index contributed by atoms with van der Waals surface area (Å²) in [5.41, 5.74) is 1.07. The van der Waals surface area contributed by atoms with Crippen LogP contribution in [-0.2, 0) is 26.1 Å². The van der Waals surface area contributed by atoms with Crippen LogP contribution in [0.3, 0.4) is 0 Å². The molecule has 0 aromatic heterocycles. The first-order valence-corrected chi connectivity index (χ1v) is 13.2. The number of anilines is 1. The number of halogens is 1. The zero-order valence-corrected chi connectivity index (χ0v) is 21.7. The van der Waals surface area contributed by atoms with Crippen LogP contribution in [0.4, 0.5) is 5.69 Å². The highest BCUT2D eigenvalue weighted by atomic mass is 35.5. The fourth-order valence-corrected chi connectivity index (χ4v) is 4.95. The Hall–Kier alpha value is -3.60. The van der Waals surface area contributed by atoms with Gasteiger partial charge in [-0.3, -0.25) is 4.79 Å². The molecule has 4 rings (SSSR count). The number of ether oxygens (including phenoxy) is 3. The number of carbonyl (C=O) groups is 2. The molecule has 194 valence electrons. The number of carbonyl (C=O) groups excluding carboxylic acids is 2. The number of benzene rings is 3. The summed E-state index contributed by atoms with van der Waals surface area (Å²) in [5, 5.41) is 2.64. The average molecular weight is 545 g/mol. The molecule has 1 atom stereocenters. The number of nitrogens with one attached hydrogen (secondary N) is 1. The minimum atomic E-state index is -3.94. The predicted octanol–water partition coefficient (Wildman–Crippen LogP) is 4.12. The molecule has 0 aliphatic carbocycles. The van der Waals surface area contributed by atoms with Crippen molar-refractivity contribution in [2.75, 3.05) is 25.6 Å². The van der Waals surface area contributed by atoms with Gasteiger partial charge >= 0.3 is 5.97 Å². The number of hydrogen-bond acceptors (Lipinski definition) is 7. The maximum Gasteiger partial charge on any atom is 0.340 e. The Labute approximate surface area is 219 Å². The molecule has 0 spiro atoms. The molecule has 1 aliphatic rings. The van der Waals surface area contributed by atoms with Gasteiger partial charge in [0.15, 0.2) is 17.6 Å². The van der Waals surface area contributed by atoms with E-state index in [0.29, 0.717) is 30.4 Å². The van der Waals surface area contributed by atoms with Gasteiger partial charge in [-0.25, -0.2) is 13.2 Å². The van der Waals surface area contributed by atoms with E-state index in [-0.39, 0.29) is 22.0 Å². The normalized spacial score (nSPS) is 13.6. The highest BCUT2D eigenvalue weighted by molar-refractivity contribution is 7.89. The van der Waals surface area contributed by atoms with Gasteiger partial charge in [-0.1, -0.05) is 41.9 Å². The van der Waals surface area contributed by atoms with Crippen molar-refractivity contribution in [2.45, 2.75) is 24.5 Å². The Bertz CT molecular complexity index is 1410. The van der Waals surface area contributed by atoms with Crippen LogP contribution >= 0.6 is 11.6 Å². The zero-order chi connectivity index (χ0) is 26.6. The lowest BCUT2D eigenvalue weighted by Crippen LogP contribution is -2.30. The highest BCUT2D eigenvalue weighted by Crippen LogP contribution is 2.32. The molecule has 1 heterocycles. The van der Waals surface area contributed by atoms with Crippen molar-refractivity contribution < 1.29 is 32.2 Å². The third kappa shape index (κ3) is 6.22. The smallest absolute Gasteiger partial charge is 0.340 e. The Morgan fingerprint density at radius 1 is 1.03 bits per heavy atom. The monoisotopic (exact) mass is 544 g/mol. The van der Waals surface area contributed by atoms with Crippen LogP contribution in [-0.4, -0.2) is 51.0 Å². The second-order valence-electron chi connectivity index (χ2n) is 8.28. The molecule has 0 bridgehead atoms. The first-order chi connectivity index (χ1) is 17.6. The SMILES string of the molecule is CC(OC(=O)c1cc(S(=O)(=O)N(C)Cc2ccccc2)ccc1Cl)C(=O)Nc1ccc2c(c1)OCCO2. The van der Waals surface area contributed by atoms with Gasteiger partial charge in [0, 0.05) is 25.3 Å². The topological polar surface area (TPSA) is 111 Å². The fraction of sp³-hybridized carbons (Fsp3) is 0.231. The molecule has 1 unspecified atom stereocenters. The van der Waals surface area contributed by atoms with Crippen molar-refractivity contribution in [1.82, 2.24) is 4.31 Å². The number of esters is 1. The van der Waals surface area contributed by atoms with Crippen molar-refractivity contribution in [2.24, 2.45) is 0 Å². The lowest BCUT2D eigenvalue weighted by molar-refractivity contribution is -0.123. The third-order valence-corrected chi connectivity index (χ3v) is 7.71. The summed E-state index contributed by atoms with van der Waals surface area (Å²) in [6.07, 6.45) is -1.20. The molecule has 1 aliphatic heterocycles. The lowest BCUT2D eigenvalue weighted by atomic mass is 10.2. The summed E-state index contributed by atoms with van der Waals surface area (Å²) in [6, 6.07) is 17.8. The molecule has 0 fully saturated rings. The van der Waals surface area contributed by atoms with E-state index in [1.54, 1.807) is 18.2 Å². The number of nitrogens with zero attached hydrogens (tertiary/aromatic N) is 1. The largest absolute Gasteiger partial charge is 0.486 e. The summed E-state index contributed by atoms with van der Waals surface area (Å²) in [4.78, 5) is 25.3. The number of hydrogen-bond donors (Lipinski definition) is 1. The minimum Gasteiger partial charge on any atom is -0.486 e. The number of fused-ring (bicyclic) bond motifs is 1. The van der Waals surface area contributed by atoms with Crippen molar-refractivity contribution in [1.29, 1.82) is 0 Å². The Morgan fingerprint density at radius 3 is 2.46 bits per heavy atom. The van der Waals surface area contributed by atoms with Crippen molar-refractivity contribution in [3.05, 3.63) is 82.9 Å². The van der Waals surface area contributed by atoms with Crippen LogP contribution in [0, 0.1) is 0 Å². The van der Waals surface area contributed by atoms with Crippen molar-refractivity contribution >= 4 is 39.2 Å². The Morgan fingerprint density at radius 2 is 1.73 bits per heavy atom. The van der Waals surface area contributed by atoms with E-state index in [2.05, 4.69) is 5.32 Å². The summed E-state index contributed by atoms with van der Waals surface area (Å²) in [5.74, 6) is -0.455. The molecular weight excluding hydrogens is 520 g/mol. The number of sulfonamides is 1. The second-order valence-corrected chi connectivity index (χ2v) is 10.7. The van der Waals surface area contributed by atoms with E-state index in [4.69, 9.17) is 25.8 Å². The quantitative estimate of drug-likeness (QED) is 0.425. The van der Waals surface area contributed by atoms with Crippen molar-refractivity contribution in [3.63, 3.8) is 0 Å². The van der Waals surface area contributed by atoms with Gasteiger partial charge < -0.3 is 19.5 Å². The van der Waals surface area contributed by atoms with E-state index in [1.807, 2.05) is 30.3 Å². The molecule has 1 amide bonds. The molecule has 11 heteroatoms. The summed E-state index contributed by atoms with van der Waals surface area (Å²) >= 11 is 6.18. The van der Waals surface area contributed by atoms with Gasteiger partial charge in [0.05, 0.1) is 15.5 Å². The van der Waals surface area contributed by atoms with Gasteiger partial charge in [-0.2, -0.15) is 4.31 Å². The van der Waals surface area contributed by atoms with E-state index in [9.17, 15) is 18.0 Å². The molecule has 0 saturated heterocycles. The zero-order valence-electron chi connectivity index (χ0n) is 20.1. The van der Waals surface area contributed by atoms with Crippen LogP contribution < -0.4 is 14.8 Å². The molecule has 0 saturated carbocycles. The summed E-state index contributed by atoms with van der Waals surface area (Å²) in [6.45, 7) is 2.38. The van der Waals surface area contributed by atoms with Gasteiger partial charge in [0.1, 0.15) is 13.2 Å². The molecule has 0 radical (unpaired) electrons. The fourth-order valence-electron chi connectivity index (χ4n) is 3.57. The highest BCUT2D eigenvalue weighted by Gasteiger charge is 2.26. The van der Waals surface area contributed by atoms with Gasteiger partial charge in [0.2, 0.25) is 10.0 Å². The van der Waals surface area contributed by atoms with Crippen molar-refractivity contribution in [3.8, 4) is 11.5 Å². The average Bonchev–Trinajstić information content (AvgIpc) is 2.89. The lowest BCUT2D eigenvalue weighted by Gasteiger charge is -2.20. The van der Waals surface area contributed by atoms with Gasteiger partial charge in [-0.05, 0) is 42.8 Å². The molecular formula is C26H25ClN2O7S. The van der Waals surface area contributed by atoms with Crippen LogP contribution in [0.2, 0.25) is 5.02 Å². The van der Waals surface area contributed by atoms with Crippen LogP contribution in [0.15, 0.2) is 71.6 Å². The first kappa shape index (κ1) is 26.5. The first-order valence-electron chi connectivity index (χ1n) is 11.4. The minimum absolute atomic E-state index is 0.00546. The van der Waals surface area contributed by atoms with Crippen LogP contribution in [0.5, 0.6) is 11.5 Å². The standard InChI is InChI=1S/C26H25ClN2O7S/c1-17(25(30)28-19-8-11-23-24(14-19)35-13-12-34-23)36-26(31)21-15-20(9-10-22(21)27)37(32,33)29(2)16-18-6-4-3-5-7-18/h3-11,14-15,17H,12-13,16H2,1-2H3,(H,28,30).